The minimum absolute atomic E-state index is 0.130. The predicted octanol–water partition coefficient (Wildman–Crippen LogP) is 3.07. The van der Waals surface area contributed by atoms with Gasteiger partial charge in [0.25, 0.3) is 0 Å². The summed E-state index contributed by atoms with van der Waals surface area (Å²) >= 11 is 3.36. The van der Waals surface area contributed by atoms with Crippen molar-refractivity contribution >= 4 is 33.6 Å². The molecule has 0 saturated heterocycles. The second kappa shape index (κ2) is 8.85. The van der Waals surface area contributed by atoms with Crippen molar-refractivity contribution in [2.45, 2.75) is 13.5 Å². The van der Waals surface area contributed by atoms with Gasteiger partial charge in [0.15, 0.2) is 0 Å². The summed E-state index contributed by atoms with van der Waals surface area (Å²) in [7, 11) is 0. The molecule has 0 aliphatic carbocycles. The number of hydrogen-bond donors (Lipinski definition) is 3. The van der Waals surface area contributed by atoms with Crippen LogP contribution < -0.4 is 16.0 Å². The maximum Gasteiger partial charge on any atom is 0.315 e. The first-order valence-corrected chi connectivity index (χ1v) is 8.34. The smallest absolute Gasteiger partial charge is 0.315 e. The molecule has 7 heteroatoms. The van der Waals surface area contributed by atoms with Crippen molar-refractivity contribution in [2.75, 3.05) is 11.9 Å². The van der Waals surface area contributed by atoms with Crippen LogP contribution >= 0.6 is 15.9 Å². The van der Waals surface area contributed by atoms with Crippen LogP contribution in [-0.4, -0.2) is 18.5 Å². The second-order valence-corrected chi connectivity index (χ2v) is 6.27. The molecule has 0 bridgehead atoms. The molecule has 3 amide bonds. The van der Waals surface area contributed by atoms with Crippen LogP contribution in [0.15, 0.2) is 46.9 Å². The van der Waals surface area contributed by atoms with Crippen LogP contribution in [0, 0.1) is 18.3 Å². The Bertz CT molecular complexity index is 813. The quantitative estimate of drug-likeness (QED) is 0.719. The van der Waals surface area contributed by atoms with Crippen LogP contribution in [0.1, 0.15) is 16.7 Å². The van der Waals surface area contributed by atoms with E-state index in [2.05, 4.69) is 31.9 Å². The standard InChI is InChI=1S/C18H17BrN4O2/c1-12-8-15(19)6-7-16(12)23-17(24)11-22-18(25)21-10-14-4-2-13(9-20)3-5-14/h2-8H,10-11H2,1H3,(H,23,24)(H2,21,22,25). The Morgan fingerprint density at radius 2 is 1.84 bits per heavy atom. The number of amides is 3. The average molecular weight is 401 g/mol. The van der Waals surface area contributed by atoms with E-state index in [4.69, 9.17) is 5.26 Å². The number of nitrogens with one attached hydrogen (secondary N) is 3. The van der Waals surface area contributed by atoms with Gasteiger partial charge in [-0.15, -0.1) is 0 Å². The number of aryl methyl sites for hydroxylation is 1. The third-order valence-electron chi connectivity index (χ3n) is 3.41. The fourth-order valence-corrected chi connectivity index (χ4v) is 2.54. The SMILES string of the molecule is Cc1cc(Br)ccc1NC(=O)CNC(=O)NCc1ccc(C#N)cc1. The monoisotopic (exact) mass is 400 g/mol. The van der Waals surface area contributed by atoms with E-state index in [0.717, 1.165) is 15.6 Å². The molecule has 0 unspecified atom stereocenters. The third-order valence-corrected chi connectivity index (χ3v) is 3.90. The normalized spacial score (nSPS) is 9.80. The van der Waals surface area contributed by atoms with Gasteiger partial charge in [-0.3, -0.25) is 4.79 Å². The molecule has 0 spiro atoms. The van der Waals surface area contributed by atoms with Gasteiger partial charge in [0.05, 0.1) is 18.2 Å². The molecule has 0 atom stereocenters. The minimum atomic E-state index is -0.438. The number of benzene rings is 2. The molecular weight excluding hydrogens is 384 g/mol. The molecule has 0 radical (unpaired) electrons. The fourth-order valence-electron chi connectivity index (χ4n) is 2.06. The highest BCUT2D eigenvalue weighted by Gasteiger charge is 2.07. The van der Waals surface area contributed by atoms with Gasteiger partial charge in [-0.1, -0.05) is 28.1 Å². The number of carbonyl (C=O) groups is 2. The molecule has 0 aromatic heterocycles. The van der Waals surface area contributed by atoms with Crippen molar-refractivity contribution in [3.05, 3.63) is 63.6 Å². The summed E-state index contributed by atoms with van der Waals surface area (Å²) in [6.07, 6.45) is 0. The molecule has 0 fully saturated rings. The molecule has 0 saturated carbocycles. The maximum atomic E-state index is 11.9. The molecule has 0 aliphatic heterocycles. The highest BCUT2D eigenvalue weighted by atomic mass is 79.9. The summed E-state index contributed by atoms with van der Waals surface area (Å²) in [6.45, 7) is 2.07. The lowest BCUT2D eigenvalue weighted by molar-refractivity contribution is -0.115. The summed E-state index contributed by atoms with van der Waals surface area (Å²) in [6, 6.07) is 14.0. The summed E-state index contributed by atoms with van der Waals surface area (Å²) in [4.78, 5) is 23.7. The highest BCUT2D eigenvalue weighted by molar-refractivity contribution is 9.10. The topological polar surface area (TPSA) is 94.0 Å². The molecular formula is C18H17BrN4O2. The average Bonchev–Trinajstić information content (AvgIpc) is 2.61. The number of halogens is 1. The summed E-state index contributed by atoms with van der Waals surface area (Å²) in [5, 5.41) is 16.6. The Morgan fingerprint density at radius 3 is 2.48 bits per heavy atom. The van der Waals surface area contributed by atoms with E-state index in [0.29, 0.717) is 17.8 Å². The van der Waals surface area contributed by atoms with E-state index in [1.807, 2.05) is 25.1 Å². The number of nitriles is 1. The van der Waals surface area contributed by atoms with Crippen LogP contribution in [0.4, 0.5) is 10.5 Å². The van der Waals surface area contributed by atoms with Gasteiger partial charge in [0.2, 0.25) is 5.91 Å². The molecule has 2 rings (SSSR count). The molecule has 3 N–H and O–H groups in total. The van der Waals surface area contributed by atoms with E-state index < -0.39 is 6.03 Å². The molecule has 0 aliphatic rings. The Kier molecular flexibility index (Phi) is 6.54. The first-order chi connectivity index (χ1) is 12.0. The fraction of sp³-hybridized carbons (Fsp3) is 0.167. The van der Waals surface area contributed by atoms with Crippen molar-refractivity contribution in [2.24, 2.45) is 0 Å². The van der Waals surface area contributed by atoms with E-state index in [-0.39, 0.29) is 12.5 Å². The molecule has 2 aromatic rings. The van der Waals surface area contributed by atoms with Crippen molar-refractivity contribution in [1.82, 2.24) is 10.6 Å². The zero-order chi connectivity index (χ0) is 18.2. The lowest BCUT2D eigenvalue weighted by atomic mass is 10.1. The van der Waals surface area contributed by atoms with E-state index in [1.165, 1.54) is 0 Å². The molecule has 6 nitrogen and oxygen atoms in total. The molecule has 128 valence electrons. The minimum Gasteiger partial charge on any atom is -0.334 e. The van der Waals surface area contributed by atoms with Gasteiger partial charge in [0, 0.05) is 16.7 Å². The summed E-state index contributed by atoms with van der Waals surface area (Å²) < 4.78 is 0.934. The van der Waals surface area contributed by atoms with Crippen LogP contribution in [0.2, 0.25) is 0 Å². The van der Waals surface area contributed by atoms with E-state index in [9.17, 15) is 9.59 Å². The van der Waals surface area contributed by atoms with Crippen molar-refractivity contribution in [1.29, 1.82) is 5.26 Å². The predicted molar refractivity (Wildman–Crippen MR) is 98.9 cm³/mol. The van der Waals surface area contributed by atoms with Gasteiger partial charge < -0.3 is 16.0 Å². The van der Waals surface area contributed by atoms with Crippen molar-refractivity contribution in [3.8, 4) is 6.07 Å². The van der Waals surface area contributed by atoms with Crippen molar-refractivity contribution < 1.29 is 9.59 Å². The Hall–Kier alpha value is -2.85. The Labute approximate surface area is 154 Å². The first-order valence-electron chi connectivity index (χ1n) is 7.54. The maximum absolute atomic E-state index is 11.9. The van der Waals surface area contributed by atoms with Crippen molar-refractivity contribution in [3.63, 3.8) is 0 Å². The van der Waals surface area contributed by atoms with Crippen LogP contribution in [0.25, 0.3) is 0 Å². The lowest BCUT2D eigenvalue weighted by Gasteiger charge is -2.10. The van der Waals surface area contributed by atoms with Crippen LogP contribution in [0.3, 0.4) is 0 Å². The lowest BCUT2D eigenvalue weighted by Crippen LogP contribution is -2.39. The summed E-state index contributed by atoms with van der Waals surface area (Å²) in [5.74, 6) is -0.307. The Morgan fingerprint density at radius 1 is 1.12 bits per heavy atom. The molecule has 0 heterocycles. The van der Waals surface area contributed by atoms with Gasteiger partial charge >= 0.3 is 6.03 Å². The third kappa shape index (κ3) is 5.94. The first kappa shape index (κ1) is 18.5. The highest BCUT2D eigenvalue weighted by Crippen LogP contribution is 2.19. The van der Waals surface area contributed by atoms with E-state index >= 15 is 0 Å². The van der Waals surface area contributed by atoms with Crippen LogP contribution in [0.5, 0.6) is 0 Å². The van der Waals surface area contributed by atoms with Crippen LogP contribution in [-0.2, 0) is 11.3 Å². The second-order valence-electron chi connectivity index (χ2n) is 5.35. The Balaban J connectivity index is 1.75. The largest absolute Gasteiger partial charge is 0.334 e. The van der Waals surface area contributed by atoms with E-state index in [1.54, 1.807) is 30.3 Å². The number of hydrogen-bond acceptors (Lipinski definition) is 3. The zero-order valence-electron chi connectivity index (χ0n) is 13.6. The zero-order valence-corrected chi connectivity index (χ0v) is 15.2. The number of nitrogens with zero attached hydrogens (tertiary/aromatic N) is 1. The van der Waals surface area contributed by atoms with Gasteiger partial charge in [-0.2, -0.15) is 5.26 Å². The van der Waals surface area contributed by atoms with Gasteiger partial charge in [-0.25, -0.2) is 4.79 Å². The number of carbonyl (C=O) groups excluding carboxylic acids is 2. The number of urea groups is 1. The van der Waals surface area contributed by atoms with Gasteiger partial charge in [-0.05, 0) is 48.4 Å². The van der Waals surface area contributed by atoms with Gasteiger partial charge in [0.1, 0.15) is 0 Å². The molecule has 25 heavy (non-hydrogen) atoms. The number of anilines is 1. The summed E-state index contributed by atoms with van der Waals surface area (Å²) in [5.41, 5.74) is 3.05. The number of rotatable bonds is 5. The molecule has 2 aromatic carbocycles.